The SMILES string of the molecule is Cc1cc(Nc2nc(C)nc(C)c2Cc2ccc(Cl)cc2)n(-c2cc(C)c3cccc(C)c3n2)n1. The number of hydrogen-bond donors (Lipinski definition) is 1. The second kappa shape index (κ2) is 9.12. The van der Waals surface area contributed by atoms with E-state index in [-0.39, 0.29) is 0 Å². The van der Waals surface area contributed by atoms with Gasteiger partial charge in [-0.05, 0) is 69.5 Å². The fourth-order valence-corrected chi connectivity index (χ4v) is 4.52. The third-order valence-electron chi connectivity index (χ3n) is 6.15. The van der Waals surface area contributed by atoms with Crippen LogP contribution in [0.3, 0.4) is 0 Å². The van der Waals surface area contributed by atoms with Crippen molar-refractivity contribution in [1.82, 2.24) is 24.7 Å². The average molecular weight is 483 g/mol. The van der Waals surface area contributed by atoms with Crippen molar-refractivity contribution in [2.24, 2.45) is 0 Å². The van der Waals surface area contributed by atoms with E-state index in [0.717, 1.165) is 67.0 Å². The van der Waals surface area contributed by atoms with Crippen molar-refractivity contribution in [1.29, 1.82) is 0 Å². The Balaban J connectivity index is 1.58. The van der Waals surface area contributed by atoms with Gasteiger partial charge in [-0.25, -0.2) is 15.0 Å². The number of para-hydroxylation sites is 1. The molecule has 0 amide bonds. The van der Waals surface area contributed by atoms with Gasteiger partial charge in [0, 0.05) is 34.2 Å². The van der Waals surface area contributed by atoms with Gasteiger partial charge >= 0.3 is 0 Å². The molecule has 0 fully saturated rings. The number of nitrogens with one attached hydrogen (secondary N) is 1. The summed E-state index contributed by atoms with van der Waals surface area (Å²) in [6.45, 7) is 10.1. The Hall–Kier alpha value is -3.77. The van der Waals surface area contributed by atoms with E-state index < -0.39 is 0 Å². The van der Waals surface area contributed by atoms with Crippen LogP contribution in [-0.4, -0.2) is 24.7 Å². The van der Waals surface area contributed by atoms with Crippen LogP contribution in [0.25, 0.3) is 16.7 Å². The molecule has 6 nitrogen and oxygen atoms in total. The third-order valence-corrected chi connectivity index (χ3v) is 6.40. The summed E-state index contributed by atoms with van der Waals surface area (Å²) >= 11 is 6.09. The lowest BCUT2D eigenvalue weighted by Crippen LogP contribution is -2.10. The number of aromatic nitrogens is 5. The second-order valence-corrected chi connectivity index (χ2v) is 9.40. The van der Waals surface area contributed by atoms with Crippen LogP contribution >= 0.6 is 11.6 Å². The van der Waals surface area contributed by atoms with E-state index in [1.807, 2.05) is 55.8 Å². The normalized spacial score (nSPS) is 11.3. The first-order valence-corrected chi connectivity index (χ1v) is 12.0. The van der Waals surface area contributed by atoms with Crippen LogP contribution in [0, 0.1) is 34.6 Å². The summed E-state index contributed by atoms with van der Waals surface area (Å²) in [4.78, 5) is 14.3. The van der Waals surface area contributed by atoms with Crippen molar-refractivity contribution >= 4 is 34.1 Å². The molecular weight excluding hydrogens is 456 g/mol. The molecule has 1 N–H and O–H groups in total. The number of benzene rings is 2. The Labute approximate surface area is 210 Å². The zero-order valence-corrected chi connectivity index (χ0v) is 21.3. The van der Waals surface area contributed by atoms with Gasteiger partial charge in [-0.1, -0.05) is 41.9 Å². The smallest absolute Gasteiger partial charge is 0.156 e. The van der Waals surface area contributed by atoms with Crippen LogP contribution in [0.2, 0.25) is 5.02 Å². The largest absolute Gasteiger partial charge is 0.324 e. The van der Waals surface area contributed by atoms with Gasteiger partial charge in [-0.2, -0.15) is 9.78 Å². The number of nitrogens with zero attached hydrogens (tertiary/aromatic N) is 5. The van der Waals surface area contributed by atoms with Crippen LogP contribution in [-0.2, 0) is 6.42 Å². The first kappa shape index (κ1) is 23.0. The summed E-state index contributed by atoms with van der Waals surface area (Å²) in [5, 5.41) is 10.2. The summed E-state index contributed by atoms with van der Waals surface area (Å²) in [5.41, 5.74) is 7.27. The number of aryl methyl sites for hydroxylation is 5. The van der Waals surface area contributed by atoms with Crippen molar-refractivity contribution in [2.75, 3.05) is 5.32 Å². The number of rotatable bonds is 5. The van der Waals surface area contributed by atoms with Gasteiger partial charge in [-0.15, -0.1) is 0 Å². The van der Waals surface area contributed by atoms with Gasteiger partial charge in [0.05, 0.1) is 11.2 Å². The Kier molecular flexibility index (Phi) is 5.99. The lowest BCUT2D eigenvalue weighted by atomic mass is 10.0. The summed E-state index contributed by atoms with van der Waals surface area (Å²) < 4.78 is 1.85. The summed E-state index contributed by atoms with van der Waals surface area (Å²) in [5.74, 6) is 3.04. The van der Waals surface area contributed by atoms with Crippen molar-refractivity contribution < 1.29 is 0 Å². The zero-order chi connectivity index (χ0) is 24.7. The van der Waals surface area contributed by atoms with Crippen LogP contribution < -0.4 is 5.32 Å². The molecule has 0 spiro atoms. The van der Waals surface area contributed by atoms with Gasteiger partial charge in [0.2, 0.25) is 0 Å². The minimum absolute atomic E-state index is 0.686. The maximum atomic E-state index is 6.09. The average Bonchev–Trinajstić information content (AvgIpc) is 3.18. The minimum atomic E-state index is 0.686. The predicted octanol–water partition coefficient (Wildman–Crippen LogP) is 6.74. The van der Waals surface area contributed by atoms with E-state index in [1.165, 1.54) is 0 Å². The fourth-order valence-electron chi connectivity index (χ4n) is 4.39. The molecule has 0 bridgehead atoms. The molecule has 0 radical (unpaired) electrons. The standard InChI is InChI=1S/C28H27ClN6/c1-16-7-6-8-23-17(2)13-25(32-27(16)23)35-26(14-18(3)34-35)33-28-24(19(4)30-20(5)31-28)15-21-9-11-22(29)12-10-21/h6-14H,15H2,1-5H3,(H,30,31,33). The Morgan fingerprint density at radius 2 is 1.63 bits per heavy atom. The highest BCUT2D eigenvalue weighted by atomic mass is 35.5. The van der Waals surface area contributed by atoms with Crippen LogP contribution in [0.4, 0.5) is 11.6 Å². The van der Waals surface area contributed by atoms with Gasteiger partial charge in [0.25, 0.3) is 0 Å². The molecule has 5 rings (SSSR count). The molecular formula is C28H27ClN6. The summed E-state index contributed by atoms with van der Waals surface area (Å²) in [7, 11) is 0. The van der Waals surface area contributed by atoms with E-state index in [2.05, 4.69) is 48.4 Å². The van der Waals surface area contributed by atoms with Gasteiger partial charge in [-0.3, -0.25) is 0 Å². The number of halogens is 1. The number of pyridine rings is 1. The third kappa shape index (κ3) is 4.62. The van der Waals surface area contributed by atoms with Gasteiger partial charge in [0.1, 0.15) is 17.5 Å². The Morgan fingerprint density at radius 3 is 2.40 bits per heavy atom. The molecule has 35 heavy (non-hydrogen) atoms. The van der Waals surface area contributed by atoms with Crippen molar-refractivity contribution in [3.8, 4) is 5.82 Å². The van der Waals surface area contributed by atoms with Crippen molar-refractivity contribution in [3.63, 3.8) is 0 Å². The van der Waals surface area contributed by atoms with Crippen molar-refractivity contribution in [3.05, 3.63) is 99.1 Å². The maximum absolute atomic E-state index is 6.09. The highest BCUT2D eigenvalue weighted by molar-refractivity contribution is 6.30. The molecule has 176 valence electrons. The Bertz CT molecular complexity index is 1550. The quantitative estimate of drug-likeness (QED) is 0.300. The monoisotopic (exact) mass is 482 g/mol. The predicted molar refractivity (Wildman–Crippen MR) is 142 cm³/mol. The molecule has 0 aliphatic heterocycles. The topological polar surface area (TPSA) is 68.5 Å². The van der Waals surface area contributed by atoms with E-state index in [4.69, 9.17) is 26.7 Å². The molecule has 2 aromatic carbocycles. The molecule has 0 saturated heterocycles. The fraction of sp³-hybridized carbons (Fsp3) is 0.214. The molecule has 3 heterocycles. The molecule has 0 unspecified atom stereocenters. The van der Waals surface area contributed by atoms with E-state index in [9.17, 15) is 0 Å². The van der Waals surface area contributed by atoms with E-state index in [1.54, 1.807) is 0 Å². The van der Waals surface area contributed by atoms with Crippen LogP contribution in [0.1, 0.15) is 39.5 Å². The molecule has 0 saturated carbocycles. The van der Waals surface area contributed by atoms with Gasteiger partial charge < -0.3 is 5.32 Å². The molecule has 0 atom stereocenters. The zero-order valence-electron chi connectivity index (χ0n) is 20.5. The highest BCUT2D eigenvalue weighted by Crippen LogP contribution is 2.28. The lowest BCUT2D eigenvalue weighted by Gasteiger charge is -2.16. The molecule has 5 aromatic rings. The number of hydrogen-bond acceptors (Lipinski definition) is 5. The minimum Gasteiger partial charge on any atom is -0.324 e. The highest BCUT2D eigenvalue weighted by Gasteiger charge is 2.17. The summed E-state index contributed by atoms with van der Waals surface area (Å²) in [6.07, 6.45) is 0.686. The van der Waals surface area contributed by atoms with E-state index in [0.29, 0.717) is 12.2 Å². The number of anilines is 2. The number of fused-ring (bicyclic) bond motifs is 1. The first-order valence-electron chi connectivity index (χ1n) is 11.6. The Morgan fingerprint density at radius 1 is 0.857 bits per heavy atom. The van der Waals surface area contributed by atoms with Crippen LogP contribution in [0.5, 0.6) is 0 Å². The first-order chi connectivity index (χ1) is 16.8. The lowest BCUT2D eigenvalue weighted by molar-refractivity contribution is 0.840. The maximum Gasteiger partial charge on any atom is 0.156 e. The van der Waals surface area contributed by atoms with E-state index >= 15 is 0 Å². The second-order valence-electron chi connectivity index (χ2n) is 8.96. The van der Waals surface area contributed by atoms with Crippen LogP contribution in [0.15, 0.2) is 54.6 Å². The molecule has 0 aliphatic rings. The van der Waals surface area contributed by atoms with Crippen molar-refractivity contribution in [2.45, 2.75) is 41.0 Å². The van der Waals surface area contributed by atoms with Gasteiger partial charge in [0.15, 0.2) is 5.82 Å². The molecule has 3 aromatic heterocycles. The molecule has 7 heteroatoms. The molecule has 0 aliphatic carbocycles. The summed E-state index contributed by atoms with van der Waals surface area (Å²) in [6, 6.07) is 18.2.